The van der Waals surface area contributed by atoms with Crippen molar-refractivity contribution in [2.75, 3.05) is 18.4 Å². The van der Waals surface area contributed by atoms with Crippen molar-refractivity contribution >= 4 is 29.1 Å². The molecule has 0 spiro atoms. The molecular formula is C19H22ClN3O2. The minimum absolute atomic E-state index is 0.144. The summed E-state index contributed by atoms with van der Waals surface area (Å²) in [6.07, 6.45) is 0.874. The molecule has 6 heteroatoms. The first-order valence-corrected chi connectivity index (χ1v) is 8.60. The Morgan fingerprint density at radius 1 is 1.08 bits per heavy atom. The summed E-state index contributed by atoms with van der Waals surface area (Å²) in [6, 6.07) is 14.4. The lowest BCUT2D eigenvalue weighted by atomic mass is 10.2. The molecule has 2 aromatic rings. The molecule has 2 aromatic carbocycles. The predicted octanol–water partition coefficient (Wildman–Crippen LogP) is 3.21. The van der Waals surface area contributed by atoms with Crippen LogP contribution in [-0.2, 0) is 11.3 Å². The highest BCUT2D eigenvalue weighted by Gasteiger charge is 2.07. The van der Waals surface area contributed by atoms with Crippen LogP contribution in [0, 0.1) is 0 Å². The van der Waals surface area contributed by atoms with Crippen LogP contribution in [0.5, 0.6) is 0 Å². The number of halogens is 1. The number of anilines is 1. The molecule has 0 heterocycles. The molecule has 0 aromatic heterocycles. The highest BCUT2D eigenvalue weighted by molar-refractivity contribution is 6.31. The van der Waals surface area contributed by atoms with Gasteiger partial charge in [0.2, 0.25) is 5.91 Å². The molecule has 0 bridgehead atoms. The van der Waals surface area contributed by atoms with Crippen LogP contribution in [0.25, 0.3) is 0 Å². The van der Waals surface area contributed by atoms with Crippen LogP contribution in [0.1, 0.15) is 29.3 Å². The Kier molecular flexibility index (Phi) is 7.44. The van der Waals surface area contributed by atoms with Crippen molar-refractivity contribution in [1.82, 2.24) is 10.6 Å². The van der Waals surface area contributed by atoms with Crippen LogP contribution >= 0.6 is 11.6 Å². The molecular weight excluding hydrogens is 338 g/mol. The Morgan fingerprint density at radius 3 is 2.64 bits per heavy atom. The minimum atomic E-state index is -0.182. The number of carbonyl (C=O) groups excluding carboxylic acids is 2. The molecule has 2 amide bonds. The smallest absolute Gasteiger partial charge is 0.251 e. The number of carbonyl (C=O) groups is 2. The number of amides is 2. The number of benzene rings is 2. The van der Waals surface area contributed by atoms with Gasteiger partial charge in [-0.25, -0.2) is 0 Å². The van der Waals surface area contributed by atoms with E-state index < -0.39 is 0 Å². The molecule has 2 rings (SSSR count). The quantitative estimate of drug-likeness (QED) is 0.677. The monoisotopic (exact) mass is 359 g/mol. The summed E-state index contributed by atoms with van der Waals surface area (Å²) in [5.74, 6) is -0.326. The van der Waals surface area contributed by atoms with Crippen LogP contribution < -0.4 is 16.0 Å². The lowest BCUT2D eigenvalue weighted by molar-refractivity contribution is -0.115. The van der Waals surface area contributed by atoms with Gasteiger partial charge >= 0.3 is 0 Å². The van der Waals surface area contributed by atoms with E-state index in [9.17, 15) is 9.59 Å². The van der Waals surface area contributed by atoms with Gasteiger partial charge in [-0.3, -0.25) is 9.59 Å². The van der Waals surface area contributed by atoms with E-state index in [0.717, 1.165) is 12.0 Å². The Morgan fingerprint density at radius 2 is 1.88 bits per heavy atom. The summed E-state index contributed by atoms with van der Waals surface area (Å²) in [7, 11) is 0. The fourth-order valence-corrected chi connectivity index (χ4v) is 2.44. The van der Waals surface area contributed by atoms with Gasteiger partial charge in [-0.1, -0.05) is 42.8 Å². The van der Waals surface area contributed by atoms with E-state index in [1.54, 1.807) is 24.3 Å². The fourth-order valence-electron chi connectivity index (χ4n) is 2.24. The molecule has 0 fully saturated rings. The molecule has 3 N–H and O–H groups in total. The van der Waals surface area contributed by atoms with Crippen LogP contribution in [0.3, 0.4) is 0 Å². The average molecular weight is 360 g/mol. The van der Waals surface area contributed by atoms with Gasteiger partial charge in [0.15, 0.2) is 0 Å². The van der Waals surface area contributed by atoms with Crippen molar-refractivity contribution in [2.45, 2.75) is 19.9 Å². The van der Waals surface area contributed by atoms with Gasteiger partial charge in [-0.05, 0) is 36.2 Å². The Balaban J connectivity index is 1.84. The molecule has 5 nitrogen and oxygen atoms in total. The minimum Gasteiger partial charge on any atom is -0.352 e. The van der Waals surface area contributed by atoms with Crippen LogP contribution in [0.2, 0.25) is 5.02 Å². The lowest BCUT2D eigenvalue weighted by Gasteiger charge is -2.09. The summed E-state index contributed by atoms with van der Waals surface area (Å²) in [6.45, 7) is 3.28. The molecule has 25 heavy (non-hydrogen) atoms. The number of hydrogen-bond acceptors (Lipinski definition) is 3. The van der Waals surface area contributed by atoms with Crippen molar-refractivity contribution in [3.8, 4) is 0 Å². The molecule has 0 saturated heterocycles. The first-order valence-electron chi connectivity index (χ1n) is 8.22. The third-order valence-corrected chi connectivity index (χ3v) is 3.87. The van der Waals surface area contributed by atoms with E-state index in [1.165, 1.54) is 0 Å². The zero-order valence-corrected chi connectivity index (χ0v) is 14.9. The summed E-state index contributed by atoms with van der Waals surface area (Å²) in [4.78, 5) is 24.0. The first-order chi connectivity index (χ1) is 12.1. The fraction of sp³-hybridized carbons (Fsp3) is 0.263. The van der Waals surface area contributed by atoms with Crippen LogP contribution in [-0.4, -0.2) is 24.9 Å². The van der Waals surface area contributed by atoms with E-state index >= 15 is 0 Å². The molecule has 0 aliphatic carbocycles. The SMILES string of the molecule is CCCNC(=O)c1cccc(NC(=O)CNCc2ccccc2Cl)c1. The van der Waals surface area contributed by atoms with Crippen molar-refractivity contribution in [3.63, 3.8) is 0 Å². The molecule has 0 radical (unpaired) electrons. The van der Waals surface area contributed by atoms with Gasteiger partial charge < -0.3 is 16.0 Å². The Bertz CT molecular complexity index is 734. The predicted molar refractivity (Wildman–Crippen MR) is 101 cm³/mol. The molecule has 0 saturated carbocycles. The second kappa shape index (κ2) is 9.81. The first kappa shape index (κ1) is 19.0. The lowest BCUT2D eigenvalue weighted by Crippen LogP contribution is -2.28. The third-order valence-electron chi connectivity index (χ3n) is 3.50. The normalized spacial score (nSPS) is 10.3. The molecule has 0 aliphatic heterocycles. The third kappa shape index (κ3) is 6.21. The van der Waals surface area contributed by atoms with Gasteiger partial charge in [-0.2, -0.15) is 0 Å². The summed E-state index contributed by atoms with van der Waals surface area (Å²) < 4.78 is 0. The maximum Gasteiger partial charge on any atom is 0.251 e. The van der Waals surface area contributed by atoms with E-state index in [2.05, 4.69) is 16.0 Å². The zero-order chi connectivity index (χ0) is 18.1. The maximum atomic E-state index is 12.0. The van der Waals surface area contributed by atoms with Crippen molar-refractivity contribution in [3.05, 3.63) is 64.7 Å². The highest BCUT2D eigenvalue weighted by Crippen LogP contribution is 2.14. The Hall–Kier alpha value is -2.37. The van der Waals surface area contributed by atoms with E-state index in [0.29, 0.717) is 29.4 Å². The van der Waals surface area contributed by atoms with Crippen molar-refractivity contribution < 1.29 is 9.59 Å². The maximum absolute atomic E-state index is 12.0. The Labute approximate surface area is 152 Å². The van der Waals surface area contributed by atoms with Crippen LogP contribution in [0.4, 0.5) is 5.69 Å². The van der Waals surface area contributed by atoms with Gasteiger partial charge in [0.05, 0.1) is 6.54 Å². The van der Waals surface area contributed by atoms with Gasteiger partial charge in [0.25, 0.3) is 5.91 Å². The summed E-state index contributed by atoms with van der Waals surface area (Å²) in [5, 5.41) is 9.31. The number of nitrogens with one attached hydrogen (secondary N) is 3. The standard InChI is InChI=1S/C19H22ClN3O2/c1-2-10-22-19(25)14-7-5-8-16(11-14)23-18(24)13-21-12-15-6-3-4-9-17(15)20/h3-9,11,21H,2,10,12-13H2,1H3,(H,22,25)(H,23,24). The molecule has 0 aliphatic rings. The topological polar surface area (TPSA) is 70.2 Å². The van der Waals surface area contributed by atoms with Crippen molar-refractivity contribution in [1.29, 1.82) is 0 Å². The van der Waals surface area contributed by atoms with Crippen molar-refractivity contribution in [2.24, 2.45) is 0 Å². The number of hydrogen-bond donors (Lipinski definition) is 3. The summed E-state index contributed by atoms with van der Waals surface area (Å²) in [5.41, 5.74) is 2.05. The van der Waals surface area contributed by atoms with E-state index in [-0.39, 0.29) is 18.4 Å². The van der Waals surface area contributed by atoms with Gasteiger partial charge in [0, 0.05) is 29.4 Å². The summed E-state index contributed by atoms with van der Waals surface area (Å²) >= 11 is 6.07. The van der Waals surface area contributed by atoms with Gasteiger partial charge in [-0.15, -0.1) is 0 Å². The highest BCUT2D eigenvalue weighted by atomic mass is 35.5. The van der Waals surface area contributed by atoms with E-state index in [1.807, 2.05) is 31.2 Å². The number of rotatable bonds is 8. The van der Waals surface area contributed by atoms with Gasteiger partial charge in [0.1, 0.15) is 0 Å². The zero-order valence-electron chi connectivity index (χ0n) is 14.1. The van der Waals surface area contributed by atoms with E-state index in [4.69, 9.17) is 11.6 Å². The second-order valence-corrected chi connectivity index (χ2v) is 5.99. The molecule has 0 atom stereocenters. The second-order valence-electron chi connectivity index (χ2n) is 5.58. The molecule has 0 unspecified atom stereocenters. The van der Waals surface area contributed by atoms with Crippen LogP contribution in [0.15, 0.2) is 48.5 Å². The largest absolute Gasteiger partial charge is 0.352 e. The molecule has 132 valence electrons. The average Bonchev–Trinajstić information content (AvgIpc) is 2.61.